The second-order valence-electron chi connectivity index (χ2n) is 28.4. The first-order valence-corrected chi connectivity index (χ1v) is 38.8. The molecule has 680 valence electrons. The van der Waals surface area contributed by atoms with Crippen LogP contribution in [-0.2, 0) is 124 Å². The third-order valence-corrected chi connectivity index (χ3v) is 13.3. The molecule has 0 spiro atoms. The van der Waals surface area contributed by atoms with Gasteiger partial charge in [-0.15, -0.1) is 0 Å². The van der Waals surface area contributed by atoms with Gasteiger partial charge in [0.2, 0.25) is 0 Å². The molecule has 117 heavy (non-hydrogen) atoms. The second kappa shape index (κ2) is 80.7. The van der Waals surface area contributed by atoms with E-state index >= 15 is 0 Å². The van der Waals surface area contributed by atoms with Crippen molar-refractivity contribution in [2.24, 2.45) is 0 Å². The molecule has 0 bridgehead atoms. The van der Waals surface area contributed by atoms with Crippen LogP contribution in [-0.4, -0.2) is 319 Å². The van der Waals surface area contributed by atoms with Crippen LogP contribution in [0.25, 0.3) is 0 Å². The Morgan fingerprint density at radius 1 is 0.359 bits per heavy atom. The van der Waals surface area contributed by atoms with Gasteiger partial charge in [-0.3, -0.25) is 28.8 Å². The SMILES string of the molecule is C=CC#N.C=CC(=O)OC.CC(=O)CCOCCCOCC(COCCCOCCC(C)=O)(COCCCOCCC(C)=O)NC(=O)OC(C)(C)C.CC(C)(C)OC(=O)NC(COCCCO)(COCCCO)COCCCO.CCOC(=O)CCOCC(COCCC(=O)OCC)(COCCC(=O)OCC)NC(=O)OC(C)(C)C.[Li+].[OH-]. The van der Waals surface area contributed by atoms with E-state index in [9.17, 15) is 47.9 Å². The number of aliphatic hydroxyl groups is 3. The van der Waals surface area contributed by atoms with Crippen LogP contribution in [0.1, 0.15) is 181 Å². The summed E-state index contributed by atoms with van der Waals surface area (Å²) in [6, 6.07) is 1.69. The number of carbonyl (C=O) groups excluding carboxylic acids is 10. The predicted octanol–water partition coefficient (Wildman–Crippen LogP) is 3.93. The number of methoxy groups -OCH3 is 1. The van der Waals surface area contributed by atoms with Crippen molar-refractivity contribution in [1.82, 2.24) is 16.0 Å². The van der Waals surface area contributed by atoms with Crippen LogP contribution in [0.2, 0.25) is 0 Å². The van der Waals surface area contributed by atoms with Crippen LogP contribution in [0.15, 0.2) is 25.3 Å². The van der Waals surface area contributed by atoms with E-state index < -0.39 is 75.6 Å². The standard InChI is InChI=1S/C30H55NO11.C24H43NO11.C18H37NO8.C4H6O2.C3H3N.Li.H2O/c1-25(32)10-19-36-13-7-16-39-22-30(31-28(35)42-29(4,5)6,23-40-17-8-14-37-20-11-26(2)33)24-41-18-9-15-38-21-12-27(3)34;1-7-33-19(26)10-13-30-16-24(25-22(29)36-23(4,5)6,17-31-14-11-20(27)34-8-2)18-32-15-12-21(28)35-9-3;1-17(2,3)27-16(23)19-18(13-24-10-4-7-20,14-25-11-5-8-21)15-26-12-6-9-22;1-3-4(5)6-2;1-2-3-4;;/h7-24H2,1-6H3,(H,31,35);7-18H2,1-6H3,(H,25,29);20-22H,4-15H2,1-3H3,(H,19,23);3H,1H2,2H3;2H,1H2;;1H2/q;;;;;+1;/p-1. The second-order valence-corrected chi connectivity index (χ2v) is 28.4. The van der Waals surface area contributed by atoms with Crippen molar-refractivity contribution in [3.63, 3.8) is 0 Å². The fourth-order valence-electron chi connectivity index (χ4n) is 8.16. The summed E-state index contributed by atoms with van der Waals surface area (Å²) in [5.41, 5.74) is -5.42. The number of allylic oxidation sites excluding steroid dienone is 1. The molecule has 0 aliphatic rings. The Morgan fingerprint density at radius 2 is 0.556 bits per heavy atom. The van der Waals surface area contributed by atoms with Crippen molar-refractivity contribution in [2.45, 2.75) is 214 Å². The van der Waals surface area contributed by atoms with Gasteiger partial charge >= 0.3 is 61.0 Å². The van der Waals surface area contributed by atoms with E-state index in [1.54, 1.807) is 89.2 Å². The van der Waals surface area contributed by atoms with Crippen LogP contribution < -0.4 is 34.8 Å². The molecule has 0 atom stereocenters. The van der Waals surface area contributed by atoms with Gasteiger partial charge < -0.3 is 127 Å². The number of rotatable bonds is 64. The number of nitrogens with zero attached hydrogens (tertiary/aromatic N) is 1. The van der Waals surface area contributed by atoms with Gasteiger partial charge in [0.15, 0.2) is 0 Å². The summed E-state index contributed by atoms with van der Waals surface area (Å²) >= 11 is 0. The molecule has 0 aliphatic heterocycles. The first-order valence-electron chi connectivity index (χ1n) is 38.8. The molecule has 0 aromatic heterocycles. The smallest absolute Gasteiger partial charge is 0.870 e. The van der Waals surface area contributed by atoms with Crippen LogP contribution in [0.5, 0.6) is 0 Å². The van der Waals surface area contributed by atoms with E-state index in [1.165, 1.54) is 34.0 Å². The van der Waals surface area contributed by atoms with Gasteiger partial charge in [0.1, 0.15) is 50.8 Å². The number of aliphatic hydroxyl groups excluding tert-OH is 3. The zero-order chi connectivity index (χ0) is 88.1. The maximum absolute atomic E-state index is 12.8. The maximum atomic E-state index is 12.8. The Hall–Kier alpha value is -6.37. The molecule has 0 aromatic carbocycles. The number of alkyl carbamates (subject to hydrolysis) is 3. The summed E-state index contributed by atoms with van der Waals surface area (Å²) in [5, 5.41) is 42.7. The number of amides is 3. The van der Waals surface area contributed by atoms with Crippen LogP contribution in [0, 0.1) is 11.3 Å². The summed E-state index contributed by atoms with van der Waals surface area (Å²) in [6.45, 7) is 37.4. The molecule has 7 N–H and O–H groups in total. The number of nitriles is 1. The molecule has 0 heterocycles. The normalized spacial score (nSPS) is 11.1. The van der Waals surface area contributed by atoms with E-state index in [0.717, 1.165) is 6.08 Å². The van der Waals surface area contributed by atoms with Crippen molar-refractivity contribution in [3.05, 3.63) is 25.3 Å². The number of esters is 4. The number of ether oxygens (including phenoxy) is 19. The molecular weight excluding hydrogens is 1540 g/mol. The minimum Gasteiger partial charge on any atom is -0.870 e. The van der Waals surface area contributed by atoms with Crippen LogP contribution in [0.3, 0.4) is 0 Å². The number of nitrogens with one attached hydrogen (secondary N) is 3. The summed E-state index contributed by atoms with van der Waals surface area (Å²) in [6.07, 6.45) is 4.74. The Bertz CT molecular complexity index is 2430. The largest absolute Gasteiger partial charge is 1.00 e. The van der Waals surface area contributed by atoms with Gasteiger partial charge in [-0.2, -0.15) is 5.26 Å². The van der Waals surface area contributed by atoms with Crippen LogP contribution in [0.4, 0.5) is 14.4 Å². The van der Waals surface area contributed by atoms with E-state index in [2.05, 4.69) is 33.8 Å². The van der Waals surface area contributed by atoms with E-state index in [-0.39, 0.29) is 180 Å². The summed E-state index contributed by atoms with van der Waals surface area (Å²) < 4.78 is 103. The molecule has 0 fully saturated rings. The Kier molecular flexibility index (Phi) is 85.4. The first-order chi connectivity index (χ1) is 54.3. The molecule has 0 unspecified atom stereocenters. The van der Waals surface area contributed by atoms with Crippen molar-refractivity contribution in [3.8, 4) is 6.07 Å². The van der Waals surface area contributed by atoms with Crippen molar-refractivity contribution < 1.29 is 178 Å². The topological polar surface area (TPSA) is 497 Å². The molecule has 38 heteroatoms. The molecule has 0 radical (unpaired) electrons. The molecule has 0 aliphatic carbocycles. The third-order valence-electron chi connectivity index (χ3n) is 13.3. The quantitative estimate of drug-likeness (QED) is 0.0125. The number of carbonyl (C=O) groups is 10. The van der Waals surface area contributed by atoms with Gasteiger partial charge in [-0.1, -0.05) is 13.2 Å². The minimum absolute atomic E-state index is 0. The fourth-order valence-corrected chi connectivity index (χ4v) is 8.16. The number of Topliss-reactive ketones (excluding diaryl/α,β-unsaturated/α-hetero) is 3. The molecule has 0 saturated carbocycles. The Balaban J connectivity index is -0.000000295. The van der Waals surface area contributed by atoms with E-state index in [1.807, 2.05) is 0 Å². The van der Waals surface area contributed by atoms with Gasteiger partial charge in [0.05, 0.1) is 151 Å². The van der Waals surface area contributed by atoms with Crippen LogP contribution >= 0.6 is 0 Å². The van der Waals surface area contributed by atoms with Gasteiger partial charge in [-0.25, -0.2) is 19.2 Å². The predicted molar refractivity (Wildman–Crippen MR) is 425 cm³/mol. The van der Waals surface area contributed by atoms with Gasteiger partial charge in [0.25, 0.3) is 0 Å². The average Bonchev–Trinajstić information content (AvgIpc) is 0.861. The number of hydrogen-bond acceptors (Lipinski definition) is 34. The Morgan fingerprint density at radius 3 is 0.718 bits per heavy atom. The first kappa shape index (κ1) is 124. The average molecular weight is 1690 g/mol. The number of hydrogen-bond donors (Lipinski definition) is 6. The zero-order valence-corrected chi connectivity index (χ0v) is 73.3. The Labute approximate surface area is 706 Å². The monoisotopic (exact) mass is 1680 g/mol. The maximum Gasteiger partial charge on any atom is 1.00 e. The minimum atomic E-state index is -1.25. The van der Waals surface area contributed by atoms with E-state index in [0.29, 0.717) is 137 Å². The molecule has 0 saturated heterocycles. The molecule has 37 nitrogen and oxygen atoms in total. The summed E-state index contributed by atoms with van der Waals surface area (Å²) in [7, 11) is 1.31. The molecular formula is C79H145LiN4O33. The van der Waals surface area contributed by atoms with E-state index in [4.69, 9.17) is 106 Å². The summed E-state index contributed by atoms with van der Waals surface area (Å²) in [5.74, 6) is -1.41. The third kappa shape index (κ3) is 90.2. The van der Waals surface area contributed by atoms with Gasteiger partial charge in [-0.05, 0) is 142 Å². The van der Waals surface area contributed by atoms with Crippen molar-refractivity contribution in [1.29, 1.82) is 5.26 Å². The molecule has 0 aromatic rings. The molecule has 0 rings (SSSR count). The summed E-state index contributed by atoms with van der Waals surface area (Å²) in [4.78, 5) is 116. The van der Waals surface area contributed by atoms with Crippen molar-refractivity contribution >= 4 is 59.5 Å². The van der Waals surface area contributed by atoms with Gasteiger partial charge in [0, 0.05) is 111 Å². The zero-order valence-electron chi connectivity index (χ0n) is 73.3. The fraction of sp³-hybridized carbons (Fsp3) is 0.810. The van der Waals surface area contributed by atoms with Crippen molar-refractivity contribution in [2.75, 3.05) is 205 Å². The molecule has 3 amide bonds. The number of ketones is 3.